The predicted octanol–water partition coefficient (Wildman–Crippen LogP) is 4.49. The van der Waals surface area contributed by atoms with E-state index >= 15 is 0 Å². The molecule has 1 heterocycles. The first-order valence-electron chi connectivity index (χ1n) is 6.03. The zero-order chi connectivity index (χ0) is 16.3. The van der Waals surface area contributed by atoms with Gasteiger partial charge in [-0.2, -0.15) is 5.10 Å². The Balaban J connectivity index is 2.31. The van der Waals surface area contributed by atoms with Crippen molar-refractivity contribution >= 4 is 52.7 Å². The van der Waals surface area contributed by atoms with E-state index in [0.717, 1.165) is 11.1 Å². The third-order valence-corrected chi connectivity index (χ3v) is 3.78. The van der Waals surface area contributed by atoms with Crippen molar-refractivity contribution in [3.8, 4) is 0 Å². The Kier molecular flexibility index (Phi) is 5.24. The van der Waals surface area contributed by atoms with E-state index in [2.05, 4.69) is 15.5 Å². The molecule has 5 nitrogen and oxygen atoms in total. The monoisotopic (exact) mass is 357 g/mol. The second-order valence-electron chi connectivity index (χ2n) is 4.34. The fraction of sp³-hybridized carbons (Fsp3) is 0.0714. The van der Waals surface area contributed by atoms with Crippen LogP contribution in [-0.2, 0) is 0 Å². The summed E-state index contributed by atoms with van der Waals surface area (Å²) in [5.74, 6) is -1.31. The number of aromatic carboxylic acids is 1. The number of anilines is 1. The van der Waals surface area contributed by atoms with Crippen LogP contribution < -0.4 is 5.43 Å². The van der Waals surface area contributed by atoms with Gasteiger partial charge in [-0.15, -0.1) is 0 Å². The second kappa shape index (κ2) is 6.96. The van der Waals surface area contributed by atoms with E-state index in [4.69, 9.17) is 39.9 Å². The van der Waals surface area contributed by atoms with Crippen molar-refractivity contribution in [1.29, 1.82) is 0 Å². The van der Waals surface area contributed by atoms with Crippen molar-refractivity contribution in [2.24, 2.45) is 5.10 Å². The fourth-order valence-electron chi connectivity index (χ4n) is 1.68. The number of hydrazone groups is 1. The van der Waals surface area contributed by atoms with Crippen LogP contribution in [0.1, 0.15) is 21.6 Å². The lowest BCUT2D eigenvalue weighted by Crippen LogP contribution is -2.05. The van der Waals surface area contributed by atoms with Crippen LogP contribution in [0.5, 0.6) is 0 Å². The van der Waals surface area contributed by atoms with E-state index in [1.807, 2.05) is 31.2 Å². The zero-order valence-corrected chi connectivity index (χ0v) is 13.5. The highest BCUT2D eigenvalue weighted by molar-refractivity contribution is 6.46. The highest BCUT2D eigenvalue weighted by atomic mass is 35.5. The summed E-state index contributed by atoms with van der Waals surface area (Å²) in [6, 6.07) is 7.64. The first kappa shape index (κ1) is 16.5. The Hall–Kier alpha value is -1.82. The lowest BCUT2D eigenvalue weighted by atomic mass is 10.2. The molecule has 0 fully saturated rings. The quantitative estimate of drug-likeness (QED) is 0.479. The minimum Gasteiger partial charge on any atom is -0.476 e. The van der Waals surface area contributed by atoms with Crippen molar-refractivity contribution in [1.82, 2.24) is 4.98 Å². The molecule has 0 spiro atoms. The summed E-state index contributed by atoms with van der Waals surface area (Å²) in [6.07, 6.45) is 1.55. The van der Waals surface area contributed by atoms with E-state index < -0.39 is 11.7 Å². The molecule has 0 atom stereocenters. The summed E-state index contributed by atoms with van der Waals surface area (Å²) >= 11 is 17.7. The van der Waals surface area contributed by atoms with Crippen LogP contribution in [0.25, 0.3) is 0 Å². The van der Waals surface area contributed by atoms with Crippen LogP contribution in [0.3, 0.4) is 0 Å². The van der Waals surface area contributed by atoms with E-state index in [-0.39, 0.29) is 20.9 Å². The molecular weight excluding hydrogens is 349 g/mol. The summed E-state index contributed by atoms with van der Waals surface area (Å²) in [4.78, 5) is 14.7. The Bertz CT molecular complexity index is 763. The predicted molar refractivity (Wildman–Crippen MR) is 88.6 cm³/mol. The summed E-state index contributed by atoms with van der Waals surface area (Å²) in [6.45, 7) is 1.96. The number of nitrogens with zero attached hydrogens (tertiary/aromatic N) is 2. The molecule has 2 rings (SSSR count). The van der Waals surface area contributed by atoms with Crippen molar-refractivity contribution in [2.75, 3.05) is 5.43 Å². The molecule has 8 heteroatoms. The number of pyridine rings is 1. The summed E-state index contributed by atoms with van der Waals surface area (Å²) in [5.41, 5.74) is 4.23. The van der Waals surface area contributed by atoms with Gasteiger partial charge >= 0.3 is 5.97 Å². The van der Waals surface area contributed by atoms with Crippen molar-refractivity contribution in [3.05, 3.63) is 56.3 Å². The Labute approximate surface area is 141 Å². The summed E-state index contributed by atoms with van der Waals surface area (Å²) in [7, 11) is 0. The van der Waals surface area contributed by atoms with Crippen LogP contribution in [0.4, 0.5) is 5.69 Å². The lowest BCUT2D eigenvalue weighted by Gasteiger charge is -2.09. The van der Waals surface area contributed by atoms with Crippen LogP contribution in [0.15, 0.2) is 29.4 Å². The van der Waals surface area contributed by atoms with E-state index in [1.165, 1.54) is 0 Å². The van der Waals surface area contributed by atoms with Gasteiger partial charge in [0.15, 0.2) is 10.8 Å². The number of hydrogen-bond acceptors (Lipinski definition) is 4. The van der Waals surface area contributed by atoms with Crippen molar-refractivity contribution in [2.45, 2.75) is 6.92 Å². The number of halogens is 3. The standard InChI is InChI=1S/C14H10Cl3N3O2/c1-7-3-2-4-8(5-7)6-18-20-11-9(15)12(14(21)22)19-13(17)10(11)16/h2-6H,1H3,(H,19,20)(H,21,22). The molecule has 22 heavy (non-hydrogen) atoms. The van der Waals surface area contributed by atoms with Crippen molar-refractivity contribution < 1.29 is 9.90 Å². The van der Waals surface area contributed by atoms with Gasteiger partial charge in [-0.1, -0.05) is 64.6 Å². The number of carboxylic acids is 1. The number of benzene rings is 1. The number of rotatable bonds is 4. The molecule has 0 radical (unpaired) electrons. The average molecular weight is 359 g/mol. The highest BCUT2D eigenvalue weighted by Gasteiger charge is 2.20. The molecule has 2 aromatic rings. The molecule has 114 valence electrons. The fourth-order valence-corrected chi connectivity index (χ4v) is 2.34. The maximum Gasteiger partial charge on any atom is 0.356 e. The molecule has 0 saturated heterocycles. The van der Waals surface area contributed by atoms with E-state index in [0.29, 0.717) is 0 Å². The van der Waals surface area contributed by atoms with E-state index in [1.54, 1.807) is 6.21 Å². The molecule has 1 aromatic carbocycles. The molecule has 1 aromatic heterocycles. The molecule has 0 aliphatic carbocycles. The summed E-state index contributed by atoms with van der Waals surface area (Å²) in [5, 5.41) is 12.7. The molecule has 0 aliphatic heterocycles. The smallest absolute Gasteiger partial charge is 0.356 e. The first-order valence-corrected chi connectivity index (χ1v) is 7.17. The zero-order valence-electron chi connectivity index (χ0n) is 11.3. The second-order valence-corrected chi connectivity index (χ2v) is 5.46. The van der Waals surface area contributed by atoms with Crippen LogP contribution in [0.2, 0.25) is 15.2 Å². The SMILES string of the molecule is Cc1cccc(C=NNc2c(Cl)c(Cl)nc(C(=O)O)c2Cl)c1. The molecule has 0 amide bonds. The maximum absolute atomic E-state index is 11.1. The van der Waals surface area contributed by atoms with Crippen LogP contribution in [-0.4, -0.2) is 22.3 Å². The van der Waals surface area contributed by atoms with Gasteiger partial charge in [-0.25, -0.2) is 9.78 Å². The molecule has 0 saturated carbocycles. The largest absolute Gasteiger partial charge is 0.476 e. The number of hydrogen-bond donors (Lipinski definition) is 2. The van der Waals surface area contributed by atoms with Crippen molar-refractivity contribution in [3.63, 3.8) is 0 Å². The van der Waals surface area contributed by atoms with Gasteiger partial charge in [0.05, 0.1) is 11.9 Å². The molecule has 0 bridgehead atoms. The van der Waals surface area contributed by atoms with E-state index in [9.17, 15) is 4.79 Å². The molecular formula is C14H10Cl3N3O2. The third-order valence-electron chi connectivity index (χ3n) is 2.67. The molecule has 2 N–H and O–H groups in total. The first-order chi connectivity index (χ1) is 10.4. The highest BCUT2D eigenvalue weighted by Crippen LogP contribution is 2.36. The number of aryl methyl sites for hydroxylation is 1. The van der Waals surface area contributed by atoms with Gasteiger partial charge in [0.25, 0.3) is 0 Å². The van der Waals surface area contributed by atoms with Gasteiger partial charge in [-0.3, -0.25) is 5.43 Å². The van der Waals surface area contributed by atoms with Gasteiger partial charge in [-0.05, 0) is 12.5 Å². The van der Waals surface area contributed by atoms with Gasteiger partial charge in [0.1, 0.15) is 10.0 Å². The minimum atomic E-state index is -1.31. The number of carbonyl (C=O) groups is 1. The minimum absolute atomic E-state index is 0.00180. The van der Waals surface area contributed by atoms with Crippen LogP contribution in [0, 0.1) is 6.92 Å². The normalized spacial score (nSPS) is 10.9. The third kappa shape index (κ3) is 3.68. The lowest BCUT2D eigenvalue weighted by molar-refractivity contribution is 0.0691. The Morgan fingerprint density at radius 1 is 1.32 bits per heavy atom. The van der Waals surface area contributed by atoms with Gasteiger partial charge in [0.2, 0.25) is 0 Å². The van der Waals surface area contributed by atoms with Gasteiger partial charge in [0, 0.05) is 0 Å². The van der Waals surface area contributed by atoms with Gasteiger partial charge < -0.3 is 5.11 Å². The average Bonchev–Trinajstić information content (AvgIpc) is 2.46. The Morgan fingerprint density at radius 3 is 2.68 bits per heavy atom. The number of nitrogens with one attached hydrogen (secondary N) is 1. The Morgan fingerprint density at radius 2 is 2.05 bits per heavy atom. The van der Waals surface area contributed by atoms with Crippen LogP contribution >= 0.6 is 34.8 Å². The number of carboxylic acid groups (broad SMARTS) is 1. The number of aromatic nitrogens is 1. The maximum atomic E-state index is 11.1. The molecule has 0 unspecified atom stereocenters. The summed E-state index contributed by atoms with van der Waals surface area (Å²) < 4.78 is 0. The topological polar surface area (TPSA) is 74.6 Å². The molecule has 0 aliphatic rings.